The topological polar surface area (TPSA) is 23.5 Å². The van der Waals surface area contributed by atoms with E-state index >= 15 is 0 Å². The molecule has 18 heavy (non-hydrogen) atoms. The van der Waals surface area contributed by atoms with Gasteiger partial charge < -0.3 is 10.0 Å². The zero-order chi connectivity index (χ0) is 13.0. The summed E-state index contributed by atoms with van der Waals surface area (Å²) in [5.41, 5.74) is 0.407. The maximum atomic E-state index is 12.8. The molecule has 1 saturated heterocycles. The molecule has 3 heteroatoms. The average Bonchev–Trinajstić information content (AvgIpc) is 2.36. The van der Waals surface area contributed by atoms with E-state index in [1.54, 1.807) is 12.1 Å². The van der Waals surface area contributed by atoms with E-state index in [-0.39, 0.29) is 5.82 Å². The zero-order valence-corrected chi connectivity index (χ0v) is 11.0. The molecule has 0 bridgehead atoms. The number of piperidine rings is 1. The number of hydrogen-bond acceptors (Lipinski definition) is 2. The van der Waals surface area contributed by atoms with Crippen LogP contribution in [0.4, 0.5) is 4.39 Å². The lowest BCUT2D eigenvalue weighted by Crippen LogP contribution is -2.45. The van der Waals surface area contributed by atoms with Gasteiger partial charge in [0.25, 0.3) is 0 Å². The highest BCUT2D eigenvalue weighted by Crippen LogP contribution is 2.26. The Morgan fingerprint density at radius 1 is 1.22 bits per heavy atom. The van der Waals surface area contributed by atoms with Crippen molar-refractivity contribution < 1.29 is 9.50 Å². The van der Waals surface area contributed by atoms with Gasteiger partial charge in [0, 0.05) is 19.5 Å². The maximum Gasteiger partial charge on any atom is 0.123 e. The van der Waals surface area contributed by atoms with Crippen molar-refractivity contribution in [1.82, 2.24) is 4.90 Å². The van der Waals surface area contributed by atoms with Crippen LogP contribution >= 0.6 is 0 Å². The fourth-order valence-corrected chi connectivity index (χ4v) is 2.67. The smallest absolute Gasteiger partial charge is 0.123 e. The van der Waals surface area contributed by atoms with Crippen LogP contribution in [0.15, 0.2) is 24.3 Å². The second-order valence-corrected chi connectivity index (χ2v) is 5.37. The minimum Gasteiger partial charge on any atom is -0.389 e. The van der Waals surface area contributed by atoms with E-state index in [0.29, 0.717) is 6.42 Å². The summed E-state index contributed by atoms with van der Waals surface area (Å²) in [6.45, 7) is 5.23. The molecule has 1 fully saturated rings. The van der Waals surface area contributed by atoms with Gasteiger partial charge in [-0.05, 0) is 43.5 Å². The van der Waals surface area contributed by atoms with Crippen molar-refractivity contribution >= 4 is 0 Å². The van der Waals surface area contributed by atoms with E-state index in [4.69, 9.17) is 0 Å². The van der Waals surface area contributed by atoms with E-state index in [0.717, 1.165) is 44.5 Å². The van der Waals surface area contributed by atoms with Crippen LogP contribution in [-0.2, 0) is 6.42 Å². The first kappa shape index (κ1) is 13.5. The van der Waals surface area contributed by atoms with Crippen molar-refractivity contribution in [2.75, 3.05) is 19.6 Å². The molecule has 0 atom stereocenters. The van der Waals surface area contributed by atoms with E-state index < -0.39 is 5.60 Å². The van der Waals surface area contributed by atoms with E-state index in [2.05, 4.69) is 11.8 Å². The third kappa shape index (κ3) is 3.53. The molecule has 0 spiro atoms. The molecule has 1 aromatic rings. The summed E-state index contributed by atoms with van der Waals surface area (Å²) < 4.78 is 12.8. The molecule has 0 aliphatic carbocycles. The van der Waals surface area contributed by atoms with E-state index in [1.807, 2.05) is 0 Å². The molecule has 1 aromatic carbocycles. The molecule has 0 amide bonds. The molecule has 1 heterocycles. The monoisotopic (exact) mass is 251 g/mol. The van der Waals surface area contributed by atoms with Gasteiger partial charge in [-0.2, -0.15) is 0 Å². The Morgan fingerprint density at radius 2 is 1.83 bits per heavy atom. The summed E-state index contributed by atoms with van der Waals surface area (Å²) in [5, 5.41) is 10.6. The van der Waals surface area contributed by atoms with E-state index in [1.165, 1.54) is 12.1 Å². The molecular formula is C15H22FNO. The lowest BCUT2D eigenvalue weighted by molar-refractivity contribution is -0.0205. The summed E-state index contributed by atoms with van der Waals surface area (Å²) >= 11 is 0. The lowest BCUT2D eigenvalue weighted by Gasteiger charge is -2.38. The maximum absolute atomic E-state index is 12.8. The van der Waals surface area contributed by atoms with Gasteiger partial charge in [-0.25, -0.2) is 4.39 Å². The minimum atomic E-state index is -0.609. The van der Waals surface area contributed by atoms with Gasteiger partial charge in [0.05, 0.1) is 5.60 Å². The first-order valence-corrected chi connectivity index (χ1v) is 6.80. The van der Waals surface area contributed by atoms with Gasteiger partial charge in [-0.15, -0.1) is 0 Å². The van der Waals surface area contributed by atoms with Crippen molar-refractivity contribution in [2.24, 2.45) is 0 Å². The second-order valence-electron chi connectivity index (χ2n) is 5.37. The molecule has 100 valence electrons. The van der Waals surface area contributed by atoms with Crippen molar-refractivity contribution in [3.63, 3.8) is 0 Å². The standard InChI is InChI=1S/C15H22FNO/c1-2-9-17-10-7-15(18,8-11-17)12-13-3-5-14(16)6-4-13/h3-6,18H,2,7-12H2,1H3. The molecule has 1 N–H and O–H groups in total. The average molecular weight is 251 g/mol. The van der Waals surface area contributed by atoms with Gasteiger partial charge in [0.1, 0.15) is 5.82 Å². The first-order chi connectivity index (χ1) is 8.61. The van der Waals surface area contributed by atoms with Crippen molar-refractivity contribution in [2.45, 2.75) is 38.2 Å². The number of rotatable bonds is 4. The number of hydrogen-bond donors (Lipinski definition) is 1. The van der Waals surface area contributed by atoms with Crippen LogP contribution in [0.3, 0.4) is 0 Å². The predicted octanol–water partition coefficient (Wildman–Crippen LogP) is 2.61. The Balaban J connectivity index is 1.91. The predicted molar refractivity (Wildman–Crippen MR) is 71.0 cm³/mol. The molecule has 0 radical (unpaired) electrons. The van der Waals surface area contributed by atoms with Crippen LogP contribution in [0.1, 0.15) is 31.7 Å². The summed E-state index contributed by atoms with van der Waals surface area (Å²) in [6.07, 6.45) is 3.42. The Labute approximate surface area is 108 Å². The lowest BCUT2D eigenvalue weighted by atomic mass is 9.85. The molecule has 0 aromatic heterocycles. The van der Waals surface area contributed by atoms with Gasteiger partial charge in [-0.1, -0.05) is 19.1 Å². The Morgan fingerprint density at radius 3 is 2.39 bits per heavy atom. The highest BCUT2D eigenvalue weighted by molar-refractivity contribution is 5.18. The van der Waals surface area contributed by atoms with E-state index in [9.17, 15) is 9.50 Å². The normalized spacial score (nSPS) is 19.9. The van der Waals surface area contributed by atoms with Crippen LogP contribution in [0.5, 0.6) is 0 Å². The van der Waals surface area contributed by atoms with Crippen molar-refractivity contribution in [1.29, 1.82) is 0 Å². The zero-order valence-electron chi connectivity index (χ0n) is 11.0. The number of likely N-dealkylation sites (tertiary alicyclic amines) is 1. The van der Waals surface area contributed by atoms with Gasteiger partial charge in [-0.3, -0.25) is 0 Å². The number of aliphatic hydroxyl groups is 1. The summed E-state index contributed by atoms with van der Waals surface area (Å²) in [6, 6.07) is 6.47. The fourth-order valence-electron chi connectivity index (χ4n) is 2.67. The first-order valence-electron chi connectivity index (χ1n) is 6.80. The highest BCUT2D eigenvalue weighted by atomic mass is 19.1. The third-order valence-electron chi connectivity index (χ3n) is 3.77. The van der Waals surface area contributed by atoms with Crippen LogP contribution in [0.2, 0.25) is 0 Å². The van der Waals surface area contributed by atoms with Gasteiger partial charge >= 0.3 is 0 Å². The number of halogens is 1. The summed E-state index contributed by atoms with van der Waals surface area (Å²) in [7, 11) is 0. The molecule has 2 rings (SSSR count). The second kappa shape index (κ2) is 5.81. The molecule has 1 aliphatic heterocycles. The van der Waals surface area contributed by atoms with Crippen LogP contribution in [-0.4, -0.2) is 35.2 Å². The van der Waals surface area contributed by atoms with Crippen LogP contribution < -0.4 is 0 Å². The quantitative estimate of drug-likeness (QED) is 0.889. The molecule has 2 nitrogen and oxygen atoms in total. The Hall–Kier alpha value is -0.930. The summed E-state index contributed by atoms with van der Waals surface area (Å²) in [5.74, 6) is -0.219. The number of benzene rings is 1. The van der Waals surface area contributed by atoms with Crippen molar-refractivity contribution in [3.05, 3.63) is 35.6 Å². The minimum absolute atomic E-state index is 0.219. The van der Waals surface area contributed by atoms with Gasteiger partial charge in [0.15, 0.2) is 0 Å². The molecule has 0 unspecified atom stereocenters. The molecule has 1 aliphatic rings. The van der Waals surface area contributed by atoms with Crippen LogP contribution in [0.25, 0.3) is 0 Å². The molecule has 0 saturated carbocycles. The van der Waals surface area contributed by atoms with Crippen molar-refractivity contribution in [3.8, 4) is 0 Å². The Bertz CT molecular complexity index is 369. The number of nitrogens with zero attached hydrogens (tertiary/aromatic N) is 1. The SMILES string of the molecule is CCCN1CCC(O)(Cc2ccc(F)cc2)CC1. The van der Waals surface area contributed by atoms with Gasteiger partial charge in [0.2, 0.25) is 0 Å². The fraction of sp³-hybridized carbons (Fsp3) is 0.600. The molecular weight excluding hydrogens is 229 g/mol. The largest absolute Gasteiger partial charge is 0.389 e. The highest BCUT2D eigenvalue weighted by Gasteiger charge is 2.31. The van der Waals surface area contributed by atoms with Crippen LogP contribution in [0, 0.1) is 5.82 Å². The third-order valence-corrected chi connectivity index (χ3v) is 3.77. The summed E-state index contributed by atoms with van der Waals surface area (Å²) in [4.78, 5) is 2.40. The Kier molecular flexibility index (Phi) is 4.36.